The van der Waals surface area contributed by atoms with Crippen LogP contribution < -0.4 is 10.1 Å². The Morgan fingerprint density at radius 3 is 2.62 bits per heavy atom. The standard InChI is InChI=1S/C17H21N3O6/c1-19-10-15(22)20(17(19)24)9-5-8-16(23)26-11-14(21)18-12-6-3-4-7-13(12)25-2/h3-4,6-7H,5,8-11H2,1-2H3,(H,18,21). The van der Waals surface area contributed by atoms with Gasteiger partial charge in [0.15, 0.2) is 6.61 Å². The lowest BCUT2D eigenvalue weighted by Crippen LogP contribution is -2.32. The van der Waals surface area contributed by atoms with Gasteiger partial charge in [-0.25, -0.2) is 4.79 Å². The Bertz CT molecular complexity index is 705. The van der Waals surface area contributed by atoms with Crippen LogP contribution in [0.3, 0.4) is 0 Å². The molecule has 0 aromatic heterocycles. The minimum absolute atomic E-state index is 0.00269. The summed E-state index contributed by atoms with van der Waals surface area (Å²) in [5.74, 6) is -0.860. The zero-order chi connectivity index (χ0) is 19.1. The summed E-state index contributed by atoms with van der Waals surface area (Å²) in [5.41, 5.74) is 0.478. The first kappa shape index (κ1) is 19.2. The normalized spacial score (nSPS) is 13.8. The molecule has 1 saturated heterocycles. The number of hydrogen-bond acceptors (Lipinski definition) is 6. The summed E-state index contributed by atoms with van der Waals surface area (Å²) in [7, 11) is 3.02. The minimum atomic E-state index is -0.576. The molecule has 1 aliphatic heterocycles. The first-order valence-corrected chi connectivity index (χ1v) is 8.06. The molecule has 1 aliphatic rings. The first-order valence-electron chi connectivity index (χ1n) is 8.06. The van der Waals surface area contributed by atoms with Gasteiger partial charge in [-0.1, -0.05) is 12.1 Å². The van der Waals surface area contributed by atoms with Gasteiger partial charge in [0.2, 0.25) is 5.91 Å². The number of benzene rings is 1. The van der Waals surface area contributed by atoms with Crippen molar-refractivity contribution in [2.24, 2.45) is 0 Å². The Labute approximate surface area is 150 Å². The van der Waals surface area contributed by atoms with Crippen molar-refractivity contribution in [3.63, 3.8) is 0 Å². The quantitative estimate of drug-likeness (QED) is 0.542. The lowest BCUT2D eigenvalue weighted by Gasteiger charge is -2.13. The largest absolute Gasteiger partial charge is 0.495 e. The highest BCUT2D eigenvalue weighted by Crippen LogP contribution is 2.22. The third-order valence-corrected chi connectivity index (χ3v) is 3.74. The van der Waals surface area contributed by atoms with Crippen LogP contribution in [-0.4, -0.2) is 67.5 Å². The molecule has 0 atom stereocenters. The van der Waals surface area contributed by atoms with Crippen molar-refractivity contribution in [1.82, 2.24) is 9.80 Å². The molecular formula is C17H21N3O6. The van der Waals surface area contributed by atoms with Crippen molar-refractivity contribution in [1.29, 1.82) is 0 Å². The van der Waals surface area contributed by atoms with Crippen molar-refractivity contribution < 1.29 is 28.7 Å². The molecule has 4 amide bonds. The van der Waals surface area contributed by atoms with Gasteiger partial charge in [-0.3, -0.25) is 19.3 Å². The number of carbonyl (C=O) groups excluding carboxylic acids is 4. The maximum Gasteiger partial charge on any atom is 0.326 e. The average Bonchev–Trinajstić information content (AvgIpc) is 2.86. The summed E-state index contributed by atoms with van der Waals surface area (Å²) >= 11 is 0. The molecule has 1 aromatic rings. The van der Waals surface area contributed by atoms with E-state index in [4.69, 9.17) is 9.47 Å². The number of rotatable bonds is 8. The van der Waals surface area contributed by atoms with Gasteiger partial charge in [0.25, 0.3) is 5.91 Å². The maximum absolute atomic E-state index is 11.8. The van der Waals surface area contributed by atoms with E-state index in [1.54, 1.807) is 24.3 Å². The molecule has 0 saturated carbocycles. The number of hydrogen-bond donors (Lipinski definition) is 1. The monoisotopic (exact) mass is 363 g/mol. The lowest BCUT2D eigenvalue weighted by atomic mass is 10.3. The molecule has 0 radical (unpaired) electrons. The number of methoxy groups -OCH3 is 1. The highest BCUT2D eigenvalue weighted by molar-refractivity contribution is 6.01. The number of carbonyl (C=O) groups is 4. The van der Waals surface area contributed by atoms with Crippen molar-refractivity contribution in [3.05, 3.63) is 24.3 Å². The van der Waals surface area contributed by atoms with Crippen LogP contribution in [0, 0.1) is 0 Å². The molecule has 0 spiro atoms. The summed E-state index contributed by atoms with van der Waals surface area (Å²) in [5, 5.41) is 2.59. The number of para-hydroxylation sites is 2. The average molecular weight is 363 g/mol. The summed E-state index contributed by atoms with van der Waals surface area (Å²) in [4.78, 5) is 49.2. The van der Waals surface area contributed by atoms with E-state index in [-0.39, 0.29) is 37.9 Å². The summed E-state index contributed by atoms with van der Waals surface area (Å²) in [6, 6.07) is 6.49. The fraction of sp³-hybridized carbons (Fsp3) is 0.412. The summed E-state index contributed by atoms with van der Waals surface area (Å²) in [6.07, 6.45) is 0.279. The van der Waals surface area contributed by atoms with Crippen molar-refractivity contribution >= 4 is 29.5 Å². The zero-order valence-corrected chi connectivity index (χ0v) is 14.7. The van der Waals surface area contributed by atoms with Gasteiger partial charge < -0.3 is 19.7 Å². The molecule has 0 aliphatic carbocycles. The highest BCUT2D eigenvalue weighted by atomic mass is 16.5. The molecule has 0 unspecified atom stereocenters. The predicted octanol–water partition coefficient (Wildman–Crippen LogP) is 0.851. The number of urea groups is 1. The third kappa shape index (κ3) is 4.95. The number of ether oxygens (including phenoxy) is 2. The van der Waals surface area contributed by atoms with E-state index in [2.05, 4.69) is 5.32 Å². The molecule has 9 heteroatoms. The van der Waals surface area contributed by atoms with Gasteiger partial charge in [-0.2, -0.15) is 0 Å². The maximum atomic E-state index is 11.8. The number of imide groups is 1. The first-order chi connectivity index (χ1) is 12.4. The van der Waals surface area contributed by atoms with Crippen LogP contribution in [0.2, 0.25) is 0 Å². The number of amides is 4. The van der Waals surface area contributed by atoms with Crippen LogP contribution >= 0.6 is 0 Å². The topological polar surface area (TPSA) is 105 Å². The van der Waals surface area contributed by atoms with Crippen LogP contribution in [0.15, 0.2) is 24.3 Å². The van der Waals surface area contributed by atoms with E-state index in [1.807, 2.05) is 0 Å². The number of likely N-dealkylation sites (N-methyl/N-ethyl adjacent to an activating group) is 1. The fourth-order valence-corrected chi connectivity index (χ4v) is 2.42. The van der Waals surface area contributed by atoms with Crippen LogP contribution in [0.4, 0.5) is 10.5 Å². The van der Waals surface area contributed by atoms with E-state index >= 15 is 0 Å². The molecule has 1 fully saturated rings. The Morgan fingerprint density at radius 2 is 1.96 bits per heavy atom. The fourth-order valence-electron chi connectivity index (χ4n) is 2.42. The zero-order valence-electron chi connectivity index (χ0n) is 14.7. The van der Waals surface area contributed by atoms with E-state index in [1.165, 1.54) is 19.1 Å². The third-order valence-electron chi connectivity index (χ3n) is 3.74. The minimum Gasteiger partial charge on any atom is -0.495 e. The highest BCUT2D eigenvalue weighted by Gasteiger charge is 2.32. The SMILES string of the molecule is COc1ccccc1NC(=O)COC(=O)CCCN1C(=O)CN(C)C1=O. The summed E-state index contributed by atoms with van der Waals surface area (Å²) < 4.78 is 10.0. The van der Waals surface area contributed by atoms with Gasteiger partial charge in [-0.05, 0) is 18.6 Å². The van der Waals surface area contributed by atoms with Crippen LogP contribution in [-0.2, 0) is 19.1 Å². The van der Waals surface area contributed by atoms with Gasteiger partial charge >= 0.3 is 12.0 Å². The van der Waals surface area contributed by atoms with Crippen molar-refractivity contribution in [2.45, 2.75) is 12.8 Å². The van der Waals surface area contributed by atoms with Crippen LogP contribution in [0.5, 0.6) is 5.75 Å². The van der Waals surface area contributed by atoms with Crippen molar-refractivity contribution in [3.8, 4) is 5.75 Å². The summed E-state index contributed by atoms with van der Waals surface area (Å²) in [6.45, 7) is -0.238. The number of nitrogens with zero attached hydrogens (tertiary/aromatic N) is 2. The van der Waals surface area contributed by atoms with E-state index in [0.29, 0.717) is 11.4 Å². The van der Waals surface area contributed by atoms with Crippen LogP contribution in [0.1, 0.15) is 12.8 Å². The predicted molar refractivity (Wildman–Crippen MR) is 91.6 cm³/mol. The lowest BCUT2D eigenvalue weighted by molar-refractivity contribution is -0.147. The number of anilines is 1. The van der Waals surface area contributed by atoms with Crippen LogP contribution in [0.25, 0.3) is 0 Å². The van der Waals surface area contributed by atoms with Gasteiger partial charge in [-0.15, -0.1) is 0 Å². The number of esters is 1. The second-order valence-corrected chi connectivity index (χ2v) is 5.70. The second kappa shape index (κ2) is 8.84. The Morgan fingerprint density at radius 1 is 1.23 bits per heavy atom. The molecule has 9 nitrogen and oxygen atoms in total. The molecular weight excluding hydrogens is 342 g/mol. The van der Waals surface area contributed by atoms with E-state index in [0.717, 1.165) is 4.90 Å². The van der Waals surface area contributed by atoms with E-state index < -0.39 is 18.5 Å². The van der Waals surface area contributed by atoms with Gasteiger partial charge in [0.1, 0.15) is 12.3 Å². The Balaban J connectivity index is 1.69. The Kier molecular flexibility index (Phi) is 6.54. The molecule has 2 rings (SSSR count). The second-order valence-electron chi connectivity index (χ2n) is 5.70. The Hall–Kier alpha value is -3.10. The smallest absolute Gasteiger partial charge is 0.326 e. The molecule has 1 heterocycles. The molecule has 1 N–H and O–H groups in total. The molecule has 140 valence electrons. The van der Waals surface area contributed by atoms with Gasteiger partial charge in [0, 0.05) is 20.0 Å². The van der Waals surface area contributed by atoms with Crippen molar-refractivity contribution in [2.75, 3.05) is 39.2 Å². The number of nitrogens with one attached hydrogen (secondary N) is 1. The van der Waals surface area contributed by atoms with Gasteiger partial charge in [0.05, 0.1) is 12.8 Å². The van der Waals surface area contributed by atoms with E-state index in [9.17, 15) is 19.2 Å². The molecule has 0 bridgehead atoms. The molecule has 26 heavy (non-hydrogen) atoms. The molecule has 1 aromatic carbocycles.